The van der Waals surface area contributed by atoms with Crippen molar-refractivity contribution in [1.29, 1.82) is 0 Å². The number of amidine groups is 1. The van der Waals surface area contributed by atoms with Gasteiger partial charge in [0.2, 0.25) is 5.91 Å². The molecule has 0 aromatic carbocycles. The zero-order valence-electron chi connectivity index (χ0n) is 10.0. The highest BCUT2D eigenvalue weighted by Crippen LogP contribution is 2.23. The van der Waals surface area contributed by atoms with Crippen LogP contribution >= 0.6 is 11.8 Å². The molecule has 2 rings (SSSR count). The normalized spacial score (nSPS) is 27.6. The second kappa shape index (κ2) is 4.28. The summed E-state index contributed by atoms with van der Waals surface area (Å²) in [6.07, 6.45) is 2.24. The molecule has 5 heteroatoms. The third-order valence-electron chi connectivity index (χ3n) is 2.63. The van der Waals surface area contributed by atoms with Gasteiger partial charge in [-0.25, -0.2) is 4.99 Å². The Kier molecular flexibility index (Phi) is 3.15. The van der Waals surface area contributed by atoms with Crippen LogP contribution in [0.25, 0.3) is 0 Å². The molecule has 0 radical (unpaired) electrons. The number of thioether (sulfide) groups is 1. The van der Waals surface area contributed by atoms with Crippen LogP contribution in [0.2, 0.25) is 0 Å². The molecule has 1 saturated carbocycles. The predicted octanol–water partition coefficient (Wildman–Crippen LogP) is 1.12. The first-order valence-electron chi connectivity index (χ1n) is 5.75. The molecule has 1 saturated heterocycles. The van der Waals surface area contributed by atoms with Crippen LogP contribution in [0.5, 0.6) is 0 Å². The number of hydrogen-bond donors (Lipinski definition) is 2. The number of carbonyl (C=O) groups excluding carboxylic acids is 1. The minimum atomic E-state index is -0.288. The fourth-order valence-electron chi connectivity index (χ4n) is 1.46. The van der Waals surface area contributed by atoms with E-state index in [-0.39, 0.29) is 17.5 Å². The summed E-state index contributed by atoms with van der Waals surface area (Å²) in [5, 5.41) is 7.18. The lowest BCUT2D eigenvalue weighted by Gasteiger charge is -2.16. The van der Waals surface area contributed by atoms with Gasteiger partial charge < -0.3 is 10.6 Å². The number of nitrogens with one attached hydrogen (secondary N) is 2. The van der Waals surface area contributed by atoms with Crippen LogP contribution in [0.3, 0.4) is 0 Å². The predicted molar refractivity (Wildman–Crippen MR) is 67.7 cm³/mol. The molecule has 2 fully saturated rings. The molecule has 90 valence electrons. The number of nitrogens with zero attached hydrogens (tertiary/aromatic N) is 1. The van der Waals surface area contributed by atoms with Crippen molar-refractivity contribution >= 4 is 22.8 Å². The zero-order chi connectivity index (χ0) is 11.8. The largest absolute Gasteiger partial charge is 0.359 e. The van der Waals surface area contributed by atoms with Crippen LogP contribution in [0.4, 0.5) is 0 Å². The first kappa shape index (κ1) is 11.8. The summed E-state index contributed by atoms with van der Waals surface area (Å²) in [4.78, 5) is 16.1. The van der Waals surface area contributed by atoms with E-state index in [0.29, 0.717) is 6.04 Å². The molecule has 16 heavy (non-hydrogen) atoms. The Morgan fingerprint density at radius 3 is 2.81 bits per heavy atom. The molecule has 2 aliphatic rings. The second-order valence-corrected chi connectivity index (χ2v) is 6.15. The molecule has 2 N–H and O–H groups in total. The van der Waals surface area contributed by atoms with Gasteiger partial charge in [0.05, 0.1) is 0 Å². The van der Waals surface area contributed by atoms with Gasteiger partial charge >= 0.3 is 0 Å². The van der Waals surface area contributed by atoms with E-state index in [1.807, 2.05) is 6.92 Å². The summed E-state index contributed by atoms with van der Waals surface area (Å²) < 4.78 is 0. The van der Waals surface area contributed by atoms with Gasteiger partial charge in [-0.05, 0) is 33.6 Å². The van der Waals surface area contributed by atoms with Crippen molar-refractivity contribution in [2.75, 3.05) is 5.75 Å². The standard InChI is InChI=1S/C11H19N3OS/c1-7(9(15)13-8-4-5-8)12-10-14-11(2,3)6-16-10/h7-8H,4-6H2,1-3H3,(H,12,14)(H,13,15). The fourth-order valence-corrected chi connectivity index (χ4v) is 2.61. The Bertz CT molecular complexity index is 323. The topological polar surface area (TPSA) is 53.5 Å². The maximum Gasteiger partial charge on any atom is 0.244 e. The molecule has 1 amide bonds. The quantitative estimate of drug-likeness (QED) is 0.778. The van der Waals surface area contributed by atoms with E-state index in [1.54, 1.807) is 11.8 Å². The second-order valence-electron chi connectivity index (χ2n) is 5.19. The average molecular weight is 241 g/mol. The number of rotatable bonds is 3. The monoisotopic (exact) mass is 241 g/mol. The van der Waals surface area contributed by atoms with Gasteiger partial charge in [0.1, 0.15) is 6.04 Å². The average Bonchev–Trinajstić information content (AvgIpc) is 2.92. The van der Waals surface area contributed by atoms with Gasteiger partial charge in [0.25, 0.3) is 0 Å². The van der Waals surface area contributed by atoms with Gasteiger partial charge in [0, 0.05) is 17.3 Å². The summed E-state index contributed by atoms with van der Waals surface area (Å²) in [7, 11) is 0. The van der Waals surface area contributed by atoms with E-state index in [1.165, 1.54) is 0 Å². The summed E-state index contributed by atoms with van der Waals surface area (Å²) in [5.41, 5.74) is 0.0934. The van der Waals surface area contributed by atoms with Crippen LogP contribution in [0.1, 0.15) is 33.6 Å². The maximum atomic E-state index is 11.7. The van der Waals surface area contributed by atoms with Crippen molar-refractivity contribution in [1.82, 2.24) is 10.6 Å². The Labute approximate surface area is 101 Å². The Hall–Kier alpha value is -0.710. The Balaban J connectivity index is 1.87. The highest BCUT2D eigenvalue weighted by molar-refractivity contribution is 8.14. The summed E-state index contributed by atoms with van der Waals surface area (Å²) in [5.74, 6) is 1.05. The Morgan fingerprint density at radius 1 is 1.62 bits per heavy atom. The van der Waals surface area contributed by atoms with Crippen LogP contribution in [0.15, 0.2) is 4.99 Å². The number of amides is 1. The summed E-state index contributed by atoms with van der Waals surface area (Å²) >= 11 is 1.69. The molecule has 0 aromatic heterocycles. The lowest BCUT2D eigenvalue weighted by Crippen LogP contribution is -2.38. The van der Waals surface area contributed by atoms with Crippen LogP contribution < -0.4 is 10.6 Å². The van der Waals surface area contributed by atoms with Crippen molar-refractivity contribution in [2.45, 2.75) is 51.2 Å². The number of carbonyl (C=O) groups is 1. The fraction of sp³-hybridized carbons (Fsp3) is 0.818. The molecule has 1 aliphatic carbocycles. The molecule has 1 heterocycles. The molecule has 1 aliphatic heterocycles. The molecule has 0 spiro atoms. The summed E-state index contributed by atoms with van der Waals surface area (Å²) in [6.45, 7) is 6.12. The van der Waals surface area contributed by atoms with E-state index in [9.17, 15) is 4.79 Å². The Morgan fingerprint density at radius 2 is 2.31 bits per heavy atom. The van der Waals surface area contributed by atoms with Crippen LogP contribution in [-0.2, 0) is 4.79 Å². The van der Waals surface area contributed by atoms with Gasteiger partial charge in [-0.2, -0.15) is 0 Å². The highest BCUT2D eigenvalue weighted by atomic mass is 32.2. The minimum absolute atomic E-state index is 0.0436. The maximum absolute atomic E-state index is 11.7. The molecular formula is C11H19N3OS. The number of hydrogen-bond acceptors (Lipinski definition) is 3. The first-order valence-corrected chi connectivity index (χ1v) is 6.74. The molecule has 1 atom stereocenters. The molecule has 4 nitrogen and oxygen atoms in total. The minimum Gasteiger partial charge on any atom is -0.359 e. The van der Waals surface area contributed by atoms with Crippen LogP contribution in [-0.4, -0.2) is 34.5 Å². The van der Waals surface area contributed by atoms with E-state index < -0.39 is 0 Å². The van der Waals surface area contributed by atoms with Gasteiger partial charge in [-0.15, -0.1) is 0 Å². The summed E-state index contributed by atoms with van der Waals surface area (Å²) in [6, 6.07) is 0.125. The van der Waals surface area contributed by atoms with Gasteiger partial charge in [0.15, 0.2) is 5.17 Å². The van der Waals surface area contributed by atoms with E-state index in [4.69, 9.17) is 0 Å². The zero-order valence-corrected chi connectivity index (χ0v) is 10.9. The van der Waals surface area contributed by atoms with Crippen molar-refractivity contribution < 1.29 is 4.79 Å². The van der Waals surface area contributed by atoms with E-state index >= 15 is 0 Å². The van der Waals surface area contributed by atoms with Crippen molar-refractivity contribution in [3.05, 3.63) is 0 Å². The van der Waals surface area contributed by atoms with Gasteiger partial charge in [-0.3, -0.25) is 4.79 Å². The lowest BCUT2D eigenvalue weighted by molar-refractivity contribution is -0.122. The first-order chi connectivity index (χ1) is 7.46. The van der Waals surface area contributed by atoms with Crippen molar-refractivity contribution in [2.24, 2.45) is 4.99 Å². The van der Waals surface area contributed by atoms with E-state index in [0.717, 1.165) is 23.8 Å². The van der Waals surface area contributed by atoms with Crippen LogP contribution in [0, 0.1) is 0 Å². The number of aliphatic imine (C=N–C) groups is 1. The van der Waals surface area contributed by atoms with Crippen molar-refractivity contribution in [3.8, 4) is 0 Å². The molecule has 0 aromatic rings. The smallest absolute Gasteiger partial charge is 0.244 e. The third kappa shape index (κ3) is 3.14. The lowest BCUT2D eigenvalue weighted by atomic mass is 10.1. The van der Waals surface area contributed by atoms with Gasteiger partial charge in [-0.1, -0.05) is 11.8 Å². The molecular weight excluding hydrogens is 222 g/mol. The van der Waals surface area contributed by atoms with E-state index in [2.05, 4.69) is 29.5 Å². The third-order valence-corrected chi connectivity index (χ3v) is 3.98. The SMILES string of the molecule is CC(N=C1NC(C)(C)CS1)C(=O)NC1CC1. The molecule has 1 unspecified atom stereocenters. The highest BCUT2D eigenvalue weighted by Gasteiger charge is 2.29. The van der Waals surface area contributed by atoms with Crippen molar-refractivity contribution in [3.63, 3.8) is 0 Å². The molecule has 0 bridgehead atoms.